The fourth-order valence-corrected chi connectivity index (χ4v) is 2.82. The monoisotopic (exact) mass is 458 g/mol. The average molecular weight is 458 g/mol. The minimum Gasteiger partial charge on any atom is -0.488 e. The number of nitrogens with two attached hydrogens (primary N) is 1. The van der Waals surface area contributed by atoms with E-state index in [2.05, 4.69) is 25.8 Å². The zero-order valence-electron chi connectivity index (χ0n) is 16.6. The van der Waals surface area contributed by atoms with Gasteiger partial charge in [0.2, 0.25) is 16.0 Å². The van der Waals surface area contributed by atoms with E-state index in [0.717, 1.165) is 11.3 Å². The highest BCUT2D eigenvalue weighted by molar-refractivity contribution is 7.18. The number of ether oxygens (including phenoxy) is 2. The molecule has 2 heterocycles. The van der Waals surface area contributed by atoms with Crippen LogP contribution < -0.4 is 26.7 Å². The average Bonchev–Trinajstić information content (AvgIpc) is 3.13. The van der Waals surface area contributed by atoms with Gasteiger partial charge in [-0.1, -0.05) is 11.3 Å². The first kappa shape index (κ1) is 23.9. The van der Waals surface area contributed by atoms with Crippen molar-refractivity contribution in [1.29, 1.82) is 0 Å². The van der Waals surface area contributed by atoms with E-state index < -0.39 is 24.6 Å². The second-order valence-corrected chi connectivity index (χ2v) is 6.65. The third kappa shape index (κ3) is 7.42. The Bertz CT molecular complexity index is 1010. The molecule has 0 aromatic carbocycles. The largest absolute Gasteiger partial charge is 0.488 e. The van der Waals surface area contributed by atoms with Crippen LogP contribution in [0.15, 0.2) is 32.5 Å². The van der Waals surface area contributed by atoms with E-state index in [1.54, 1.807) is 13.0 Å². The van der Waals surface area contributed by atoms with Gasteiger partial charge in [-0.25, -0.2) is 18.6 Å². The van der Waals surface area contributed by atoms with Gasteiger partial charge < -0.3 is 24.9 Å². The van der Waals surface area contributed by atoms with E-state index in [0.29, 0.717) is 5.71 Å². The van der Waals surface area contributed by atoms with Crippen LogP contribution in [0.5, 0.6) is 5.75 Å². The first-order chi connectivity index (χ1) is 14.8. The van der Waals surface area contributed by atoms with Gasteiger partial charge in [0.15, 0.2) is 5.76 Å². The summed E-state index contributed by atoms with van der Waals surface area (Å²) < 4.78 is 38.9. The van der Waals surface area contributed by atoms with Crippen molar-refractivity contribution >= 4 is 38.9 Å². The number of allylic oxidation sites excluding steroid dienone is 1. The van der Waals surface area contributed by atoms with Crippen LogP contribution in [0.1, 0.15) is 17.5 Å². The minimum absolute atomic E-state index is 0.0535. The molecule has 0 aliphatic rings. The lowest BCUT2D eigenvalue weighted by atomic mass is 10.3. The number of amides is 1. The van der Waals surface area contributed by atoms with Crippen LogP contribution in [0.25, 0.3) is 0 Å². The third-order valence-electron chi connectivity index (χ3n) is 3.39. The number of methoxy groups -OCH3 is 1. The van der Waals surface area contributed by atoms with E-state index in [-0.39, 0.29) is 40.6 Å². The van der Waals surface area contributed by atoms with Gasteiger partial charge in [-0.15, -0.1) is 10.2 Å². The van der Waals surface area contributed by atoms with Crippen molar-refractivity contribution < 1.29 is 27.5 Å². The summed E-state index contributed by atoms with van der Waals surface area (Å²) in [7, 11) is 1.25. The second-order valence-electron chi connectivity index (χ2n) is 5.69. The molecule has 31 heavy (non-hydrogen) atoms. The Balaban J connectivity index is 2.10. The molecule has 2 aromatic heterocycles. The Labute approximate surface area is 179 Å². The molecule has 0 spiro atoms. The Morgan fingerprint density at radius 3 is 2.90 bits per heavy atom. The van der Waals surface area contributed by atoms with Crippen LogP contribution in [-0.2, 0) is 4.74 Å². The normalized spacial score (nSPS) is 11.8. The van der Waals surface area contributed by atoms with Crippen molar-refractivity contribution in [3.63, 3.8) is 0 Å². The smallest absolute Gasteiger partial charge is 0.381 e. The number of carbonyl (C=O) groups is 1. The van der Waals surface area contributed by atoms with Crippen molar-refractivity contribution in [1.82, 2.24) is 10.2 Å². The Morgan fingerprint density at radius 1 is 1.45 bits per heavy atom. The van der Waals surface area contributed by atoms with E-state index in [4.69, 9.17) is 19.6 Å². The van der Waals surface area contributed by atoms with Crippen LogP contribution in [0.4, 0.5) is 24.7 Å². The molecule has 0 unspecified atom stereocenters. The minimum atomic E-state index is -2.58. The molecule has 0 fully saturated rings. The third-order valence-corrected chi connectivity index (χ3v) is 4.12. The summed E-state index contributed by atoms with van der Waals surface area (Å²) in [5, 5.41) is 13.3. The summed E-state index contributed by atoms with van der Waals surface area (Å²) in [5.74, 6) is -1.27. The van der Waals surface area contributed by atoms with Gasteiger partial charge in [0.05, 0.1) is 19.4 Å². The van der Waals surface area contributed by atoms with Crippen molar-refractivity contribution in [3.05, 3.63) is 34.5 Å². The van der Waals surface area contributed by atoms with Gasteiger partial charge in [-0.3, -0.25) is 10.1 Å². The highest BCUT2D eigenvalue weighted by Gasteiger charge is 2.18. The number of carbonyl (C=O) groups excluding carboxylic acids is 1. The number of hydrogen-bond acceptors (Lipinski definition) is 11. The quantitative estimate of drug-likeness (QED) is 0.339. The van der Waals surface area contributed by atoms with Crippen LogP contribution >= 0.6 is 11.3 Å². The maximum absolute atomic E-state index is 12.5. The van der Waals surface area contributed by atoms with Crippen LogP contribution in [0.3, 0.4) is 0 Å². The molecule has 14 heteroatoms. The number of nitrogens with zero attached hydrogens (tertiary/aromatic N) is 3. The highest BCUT2D eigenvalue weighted by Crippen LogP contribution is 2.25. The van der Waals surface area contributed by atoms with Crippen molar-refractivity contribution in [3.8, 4) is 5.75 Å². The first-order valence-electron chi connectivity index (χ1n) is 8.74. The van der Waals surface area contributed by atoms with Crippen LogP contribution in [0.2, 0.25) is 0 Å². The van der Waals surface area contributed by atoms with E-state index >= 15 is 0 Å². The number of alkyl halides is 2. The van der Waals surface area contributed by atoms with Gasteiger partial charge in [-0.2, -0.15) is 0 Å². The zero-order chi connectivity index (χ0) is 22.8. The molecule has 2 aromatic rings. The topological polar surface area (TPSA) is 154 Å². The summed E-state index contributed by atoms with van der Waals surface area (Å²) in [6, 6.07) is 1.24. The maximum atomic E-state index is 12.5. The standard InChI is InChI=1S/C17H20F2N6O5S/c1-9(3-4-20)22-16-24-25-17(31-16)23-14(26)11-7-10(13(28-2)15(27)30-11)21-5-6-29-8-12(18)19/h3-4,7,12,21H,5-6,8,20H2,1-2H3,(H,23,25,26)/b4-3-,22-9+. The first-order valence-corrected chi connectivity index (χ1v) is 9.56. The SMILES string of the molecule is COc1c(NCCOCC(F)F)cc(C(=O)Nc2nnc(/N=C(C)/C=C\N)s2)oc1=O. The Kier molecular flexibility index (Phi) is 9.02. The molecule has 0 aliphatic carbocycles. The van der Waals surface area contributed by atoms with Gasteiger partial charge in [0, 0.05) is 18.3 Å². The van der Waals surface area contributed by atoms with Crippen LogP contribution in [0, 0.1) is 0 Å². The Morgan fingerprint density at radius 2 is 2.23 bits per heavy atom. The molecule has 168 valence electrons. The molecule has 2 rings (SSSR count). The number of halogens is 2. The van der Waals surface area contributed by atoms with Gasteiger partial charge >= 0.3 is 5.63 Å². The van der Waals surface area contributed by atoms with E-state index in [1.807, 2.05) is 0 Å². The molecule has 1 amide bonds. The summed E-state index contributed by atoms with van der Waals surface area (Å²) in [6.45, 7) is 1.03. The fourth-order valence-electron chi connectivity index (χ4n) is 2.15. The molecule has 0 saturated carbocycles. The zero-order valence-corrected chi connectivity index (χ0v) is 17.4. The van der Waals surface area contributed by atoms with Gasteiger partial charge in [0.25, 0.3) is 12.3 Å². The van der Waals surface area contributed by atoms with Gasteiger partial charge in [-0.05, 0) is 19.2 Å². The van der Waals surface area contributed by atoms with E-state index in [1.165, 1.54) is 19.4 Å². The number of hydrogen-bond donors (Lipinski definition) is 3. The summed E-state index contributed by atoms with van der Waals surface area (Å²) in [4.78, 5) is 28.7. The number of rotatable bonds is 11. The molecular formula is C17H20F2N6O5S. The lowest BCUT2D eigenvalue weighted by Gasteiger charge is -2.11. The van der Waals surface area contributed by atoms with Gasteiger partial charge in [0.1, 0.15) is 6.61 Å². The number of anilines is 2. The van der Waals surface area contributed by atoms with Crippen molar-refractivity contribution in [2.24, 2.45) is 10.7 Å². The highest BCUT2D eigenvalue weighted by atomic mass is 32.1. The molecule has 0 radical (unpaired) electrons. The fraction of sp³-hybridized carbons (Fsp3) is 0.353. The number of aliphatic imine (C=N–C) groups is 1. The van der Waals surface area contributed by atoms with E-state index in [9.17, 15) is 18.4 Å². The number of aromatic nitrogens is 2. The molecule has 11 nitrogen and oxygen atoms in total. The molecule has 0 atom stereocenters. The maximum Gasteiger partial charge on any atom is 0.381 e. The molecule has 0 saturated heterocycles. The molecule has 0 aliphatic heterocycles. The summed E-state index contributed by atoms with van der Waals surface area (Å²) in [6.07, 6.45) is 0.310. The predicted octanol–water partition coefficient (Wildman–Crippen LogP) is 2.01. The Hall–Kier alpha value is -3.39. The van der Waals surface area contributed by atoms with Crippen LogP contribution in [-0.4, -0.2) is 55.1 Å². The molecule has 4 N–H and O–H groups in total. The number of nitrogens with one attached hydrogen (secondary N) is 2. The second kappa shape index (κ2) is 11.7. The summed E-state index contributed by atoms with van der Waals surface area (Å²) >= 11 is 0.993. The van der Waals surface area contributed by atoms with Crippen molar-refractivity contribution in [2.45, 2.75) is 13.3 Å². The molecular weight excluding hydrogens is 438 g/mol. The lowest BCUT2D eigenvalue weighted by Crippen LogP contribution is -2.19. The predicted molar refractivity (Wildman–Crippen MR) is 111 cm³/mol. The lowest BCUT2D eigenvalue weighted by molar-refractivity contribution is 0.0215. The molecule has 0 bridgehead atoms. The van der Waals surface area contributed by atoms with Crippen molar-refractivity contribution in [2.75, 3.05) is 37.5 Å². The summed E-state index contributed by atoms with van der Waals surface area (Å²) in [5.41, 5.74) is 5.10.